The molecule has 1 N–H and O–H groups in total. The Kier molecular flexibility index (Phi) is 5.77. The Bertz CT molecular complexity index is 387. The number of ether oxygens (including phenoxy) is 2. The van der Waals surface area contributed by atoms with E-state index in [0.717, 1.165) is 11.4 Å². The Morgan fingerprint density at radius 3 is 2.61 bits per heavy atom. The minimum Gasteiger partial charge on any atom is -0.497 e. The summed E-state index contributed by atoms with van der Waals surface area (Å²) >= 11 is 0. The van der Waals surface area contributed by atoms with Crippen LogP contribution in [-0.4, -0.2) is 25.7 Å². The first-order valence-electron chi connectivity index (χ1n) is 5.89. The maximum absolute atomic E-state index is 11.7. The minimum absolute atomic E-state index is 0.270. The topological polar surface area (TPSA) is 47.6 Å². The van der Waals surface area contributed by atoms with Gasteiger partial charge in [0.05, 0.1) is 13.7 Å². The Morgan fingerprint density at radius 2 is 2.11 bits per heavy atom. The first-order chi connectivity index (χ1) is 8.71. The molecule has 1 rings (SSSR count). The number of hydrogen-bond donors (Lipinski definition) is 1. The Labute approximate surface area is 108 Å². The van der Waals surface area contributed by atoms with E-state index in [1.807, 2.05) is 24.3 Å². The van der Waals surface area contributed by atoms with Gasteiger partial charge in [-0.3, -0.25) is 0 Å². The zero-order valence-electron chi connectivity index (χ0n) is 10.8. The molecule has 1 atom stereocenters. The third-order valence-electron chi connectivity index (χ3n) is 2.40. The van der Waals surface area contributed by atoms with Crippen LogP contribution in [0, 0.1) is 0 Å². The molecule has 1 aromatic carbocycles. The lowest BCUT2D eigenvalue weighted by Crippen LogP contribution is -2.30. The van der Waals surface area contributed by atoms with Crippen molar-refractivity contribution in [3.8, 4) is 5.75 Å². The summed E-state index contributed by atoms with van der Waals surface area (Å²) in [7, 11) is 1.61. The van der Waals surface area contributed by atoms with E-state index in [9.17, 15) is 4.79 Å². The van der Waals surface area contributed by atoms with Gasteiger partial charge in [-0.2, -0.15) is 0 Å². The summed E-state index contributed by atoms with van der Waals surface area (Å²) in [6, 6.07) is 6.97. The number of esters is 1. The van der Waals surface area contributed by atoms with Gasteiger partial charge in [0.25, 0.3) is 0 Å². The van der Waals surface area contributed by atoms with Gasteiger partial charge in [0.15, 0.2) is 0 Å². The number of rotatable bonds is 7. The highest BCUT2D eigenvalue weighted by Gasteiger charge is 2.17. The third-order valence-corrected chi connectivity index (χ3v) is 2.40. The Balaban J connectivity index is 2.69. The molecular weight excluding hydrogens is 230 g/mol. The van der Waals surface area contributed by atoms with Gasteiger partial charge in [-0.05, 0) is 37.6 Å². The zero-order chi connectivity index (χ0) is 13.4. The molecule has 0 aromatic heterocycles. The quantitative estimate of drug-likeness (QED) is 0.596. The van der Waals surface area contributed by atoms with E-state index < -0.39 is 6.04 Å². The molecule has 0 fully saturated rings. The number of hydrogen-bond acceptors (Lipinski definition) is 4. The highest BCUT2D eigenvalue weighted by atomic mass is 16.5. The van der Waals surface area contributed by atoms with Crippen molar-refractivity contribution < 1.29 is 14.3 Å². The predicted octanol–water partition coefficient (Wildman–Crippen LogP) is 2.61. The average molecular weight is 249 g/mol. The number of nitrogens with one attached hydrogen (secondary N) is 1. The lowest BCUT2D eigenvalue weighted by atomic mass is 10.2. The summed E-state index contributed by atoms with van der Waals surface area (Å²) in [4.78, 5) is 11.7. The molecule has 0 bridgehead atoms. The van der Waals surface area contributed by atoms with Gasteiger partial charge < -0.3 is 14.8 Å². The van der Waals surface area contributed by atoms with E-state index in [4.69, 9.17) is 9.47 Å². The Morgan fingerprint density at radius 1 is 1.44 bits per heavy atom. The standard InChI is InChI=1S/C14H19NO3/c1-4-6-13(14(16)18-5-2)15-11-7-9-12(17-3)10-8-11/h4,7-10,13,15H,1,5-6H2,2-3H3/t13-/m1/s1. The van der Waals surface area contributed by atoms with Crippen LogP contribution in [0.5, 0.6) is 5.75 Å². The summed E-state index contributed by atoms with van der Waals surface area (Å²) < 4.78 is 10.1. The van der Waals surface area contributed by atoms with Crippen LogP contribution in [0.1, 0.15) is 13.3 Å². The summed E-state index contributed by atoms with van der Waals surface area (Å²) in [6.07, 6.45) is 2.21. The summed E-state index contributed by atoms with van der Waals surface area (Å²) in [5.74, 6) is 0.505. The largest absolute Gasteiger partial charge is 0.497 e. The van der Waals surface area contributed by atoms with E-state index in [1.165, 1.54) is 0 Å². The molecule has 0 saturated carbocycles. The Hall–Kier alpha value is -1.97. The smallest absolute Gasteiger partial charge is 0.328 e. The molecule has 1 aromatic rings. The van der Waals surface area contributed by atoms with Gasteiger partial charge in [0.1, 0.15) is 11.8 Å². The molecule has 0 amide bonds. The predicted molar refractivity (Wildman–Crippen MR) is 71.9 cm³/mol. The molecular formula is C14H19NO3. The molecule has 4 heteroatoms. The van der Waals surface area contributed by atoms with Gasteiger partial charge in [0.2, 0.25) is 0 Å². The van der Waals surface area contributed by atoms with Gasteiger partial charge in [0, 0.05) is 5.69 Å². The molecule has 18 heavy (non-hydrogen) atoms. The highest BCUT2D eigenvalue weighted by molar-refractivity contribution is 5.79. The molecule has 0 aliphatic rings. The van der Waals surface area contributed by atoms with Gasteiger partial charge >= 0.3 is 5.97 Å². The van der Waals surface area contributed by atoms with Crippen LogP contribution < -0.4 is 10.1 Å². The molecule has 0 unspecified atom stereocenters. The fourth-order valence-electron chi connectivity index (χ4n) is 1.51. The van der Waals surface area contributed by atoms with Crippen molar-refractivity contribution in [2.45, 2.75) is 19.4 Å². The van der Waals surface area contributed by atoms with E-state index in [1.54, 1.807) is 20.1 Å². The monoisotopic (exact) mass is 249 g/mol. The summed E-state index contributed by atoms with van der Waals surface area (Å²) in [6.45, 7) is 5.80. The van der Waals surface area contributed by atoms with Crippen LogP contribution in [0.25, 0.3) is 0 Å². The van der Waals surface area contributed by atoms with Crippen LogP contribution in [0.3, 0.4) is 0 Å². The van der Waals surface area contributed by atoms with Crippen LogP contribution in [0.2, 0.25) is 0 Å². The lowest BCUT2D eigenvalue weighted by Gasteiger charge is -2.17. The third kappa shape index (κ3) is 4.13. The van der Waals surface area contributed by atoms with E-state index in [0.29, 0.717) is 13.0 Å². The molecule has 0 radical (unpaired) electrons. The van der Waals surface area contributed by atoms with E-state index in [-0.39, 0.29) is 5.97 Å². The SMILES string of the molecule is C=CC[C@@H](Nc1ccc(OC)cc1)C(=O)OCC. The lowest BCUT2D eigenvalue weighted by molar-refractivity contribution is -0.143. The summed E-state index contributed by atoms with van der Waals surface area (Å²) in [5.41, 5.74) is 0.843. The summed E-state index contributed by atoms with van der Waals surface area (Å²) in [5, 5.41) is 3.11. The number of methoxy groups -OCH3 is 1. The second-order valence-corrected chi connectivity index (χ2v) is 3.70. The van der Waals surface area contributed by atoms with Crippen molar-refractivity contribution in [2.75, 3.05) is 19.0 Å². The van der Waals surface area contributed by atoms with Crippen LogP contribution in [0.4, 0.5) is 5.69 Å². The van der Waals surface area contributed by atoms with E-state index in [2.05, 4.69) is 11.9 Å². The molecule has 98 valence electrons. The molecule has 4 nitrogen and oxygen atoms in total. The molecule has 0 aliphatic heterocycles. The maximum Gasteiger partial charge on any atom is 0.328 e. The zero-order valence-corrected chi connectivity index (χ0v) is 10.8. The van der Waals surface area contributed by atoms with Crippen LogP contribution in [0.15, 0.2) is 36.9 Å². The van der Waals surface area contributed by atoms with Gasteiger partial charge in [-0.1, -0.05) is 6.08 Å². The van der Waals surface area contributed by atoms with E-state index >= 15 is 0 Å². The number of benzene rings is 1. The minimum atomic E-state index is -0.407. The second-order valence-electron chi connectivity index (χ2n) is 3.70. The number of carbonyl (C=O) groups excluding carboxylic acids is 1. The first-order valence-corrected chi connectivity index (χ1v) is 5.89. The van der Waals surface area contributed by atoms with Crippen molar-refractivity contribution in [1.82, 2.24) is 0 Å². The molecule has 0 heterocycles. The number of anilines is 1. The maximum atomic E-state index is 11.7. The van der Waals surface area contributed by atoms with Crippen LogP contribution >= 0.6 is 0 Å². The molecule has 0 spiro atoms. The van der Waals surface area contributed by atoms with Gasteiger partial charge in [-0.25, -0.2) is 4.79 Å². The van der Waals surface area contributed by atoms with Gasteiger partial charge in [-0.15, -0.1) is 6.58 Å². The molecule has 0 saturated heterocycles. The van der Waals surface area contributed by atoms with Crippen molar-refractivity contribution in [1.29, 1.82) is 0 Å². The van der Waals surface area contributed by atoms with Crippen molar-refractivity contribution in [3.05, 3.63) is 36.9 Å². The number of carbonyl (C=O) groups is 1. The average Bonchev–Trinajstić information content (AvgIpc) is 2.39. The second kappa shape index (κ2) is 7.37. The highest BCUT2D eigenvalue weighted by Crippen LogP contribution is 2.16. The van der Waals surface area contributed by atoms with Crippen LogP contribution in [-0.2, 0) is 9.53 Å². The molecule has 0 aliphatic carbocycles. The van der Waals surface area contributed by atoms with Crippen molar-refractivity contribution >= 4 is 11.7 Å². The fraction of sp³-hybridized carbons (Fsp3) is 0.357. The normalized spacial score (nSPS) is 11.4. The van der Waals surface area contributed by atoms with Crippen molar-refractivity contribution in [2.24, 2.45) is 0 Å². The van der Waals surface area contributed by atoms with Crippen molar-refractivity contribution in [3.63, 3.8) is 0 Å². The first kappa shape index (κ1) is 14.1. The fourth-order valence-corrected chi connectivity index (χ4v) is 1.51.